The van der Waals surface area contributed by atoms with Gasteiger partial charge < -0.3 is 19.2 Å². The van der Waals surface area contributed by atoms with Crippen LogP contribution in [0.3, 0.4) is 0 Å². The maximum Gasteiger partial charge on any atom is 0.257 e. The van der Waals surface area contributed by atoms with Gasteiger partial charge in [0.25, 0.3) is 5.56 Å². The number of allylic oxidation sites excluding steroid dienone is 4. The standard InChI is InChI=1S/C24H29NO3.C6H8O.C2H6/c1-6-16-11-23-19(8-3)21(13-25(23)24(27)22(16)14-28-5)18(7-2)20-12-17(26)10-9-15(20)4;1-3-4-6(2)5-7;1-2/h8-12,26H,6-7,13-14H2,1-5H3;5-6H,1-2H3;1-2H3/b19-8+,21-18-;;. The summed E-state index contributed by atoms with van der Waals surface area (Å²) in [6.07, 6.45) is 4.54. The molecule has 5 nitrogen and oxygen atoms in total. The number of nitrogens with zero attached hydrogens (tertiary/aromatic N) is 1. The number of aryl methyl sites for hydroxylation is 2. The minimum absolute atomic E-state index is 0.0358. The summed E-state index contributed by atoms with van der Waals surface area (Å²) in [4.78, 5) is 23.0. The van der Waals surface area contributed by atoms with Gasteiger partial charge in [-0.05, 0) is 92.1 Å². The highest BCUT2D eigenvalue weighted by atomic mass is 16.5. The molecule has 0 bridgehead atoms. The van der Waals surface area contributed by atoms with Crippen molar-refractivity contribution in [3.63, 3.8) is 0 Å². The Morgan fingerprint density at radius 3 is 2.41 bits per heavy atom. The van der Waals surface area contributed by atoms with E-state index in [4.69, 9.17) is 4.74 Å². The van der Waals surface area contributed by atoms with Crippen molar-refractivity contribution in [1.29, 1.82) is 0 Å². The Morgan fingerprint density at radius 1 is 1.24 bits per heavy atom. The van der Waals surface area contributed by atoms with Crippen molar-refractivity contribution in [2.24, 2.45) is 5.92 Å². The van der Waals surface area contributed by atoms with Gasteiger partial charge in [0.1, 0.15) is 12.0 Å². The van der Waals surface area contributed by atoms with Crippen molar-refractivity contribution in [1.82, 2.24) is 4.57 Å². The van der Waals surface area contributed by atoms with Crippen LogP contribution in [0.4, 0.5) is 0 Å². The average molecular weight is 506 g/mol. The number of phenolic OH excluding ortho intramolecular Hbond substituents is 1. The van der Waals surface area contributed by atoms with E-state index in [1.165, 1.54) is 5.57 Å². The fourth-order valence-corrected chi connectivity index (χ4v) is 4.48. The molecule has 2 aromatic rings. The van der Waals surface area contributed by atoms with Crippen LogP contribution in [-0.2, 0) is 29.1 Å². The summed E-state index contributed by atoms with van der Waals surface area (Å²) >= 11 is 0. The zero-order chi connectivity index (χ0) is 28.1. The van der Waals surface area contributed by atoms with Crippen LogP contribution >= 0.6 is 0 Å². The number of phenols is 1. The minimum atomic E-state index is -0.0926. The maximum absolute atomic E-state index is 13.2. The summed E-state index contributed by atoms with van der Waals surface area (Å²) in [7, 11) is 1.62. The van der Waals surface area contributed by atoms with E-state index in [1.807, 2.05) is 37.5 Å². The van der Waals surface area contributed by atoms with Gasteiger partial charge in [0.2, 0.25) is 0 Å². The van der Waals surface area contributed by atoms with Crippen LogP contribution < -0.4 is 5.56 Å². The second kappa shape index (κ2) is 15.7. The number of pyridine rings is 1. The number of hydrogen-bond donors (Lipinski definition) is 1. The molecule has 0 fully saturated rings. The summed E-state index contributed by atoms with van der Waals surface area (Å²) in [5.74, 6) is 5.48. The van der Waals surface area contributed by atoms with Gasteiger partial charge in [-0.3, -0.25) is 4.79 Å². The number of aromatic hydroxyl groups is 1. The van der Waals surface area contributed by atoms with Crippen LogP contribution in [0, 0.1) is 24.7 Å². The molecule has 1 aromatic carbocycles. The second-order valence-electron chi connectivity index (χ2n) is 8.54. The number of rotatable bonds is 6. The van der Waals surface area contributed by atoms with Gasteiger partial charge in [0.15, 0.2) is 0 Å². The molecule has 0 amide bonds. The number of hydrogen-bond acceptors (Lipinski definition) is 4. The fourth-order valence-electron chi connectivity index (χ4n) is 4.48. The van der Waals surface area contributed by atoms with E-state index in [1.54, 1.807) is 27.0 Å². The summed E-state index contributed by atoms with van der Waals surface area (Å²) < 4.78 is 7.16. The lowest BCUT2D eigenvalue weighted by Crippen LogP contribution is -2.25. The monoisotopic (exact) mass is 505 g/mol. The average Bonchev–Trinajstić information content (AvgIpc) is 3.28. The first-order chi connectivity index (χ1) is 17.8. The topological polar surface area (TPSA) is 68.5 Å². The summed E-state index contributed by atoms with van der Waals surface area (Å²) in [5, 5.41) is 10.0. The molecule has 1 N–H and O–H groups in total. The van der Waals surface area contributed by atoms with E-state index in [0.29, 0.717) is 13.2 Å². The third-order valence-electron chi connectivity index (χ3n) is 6.21. The van der Waals surface area contributed by atoms with Gasteiger partial charge in [-0.25, -0.2) is 0 Å². The molecular weight excluding hydrogens is 462 g/mol. The fraction of sp³-hybridized carbons (Fsp3) is 0.438. The zero-order valence-electron chi connectivity index (χ0n) is 24.0. The van der Waals surface area contributed by atoms with E-state index < -0.39 is 0 Å². The van der Waals surface area contributed by atoms with Gasteiger partial charge in [-0.1, -0.05) is 45.8 Å². The first kappa shape index (κ1) is 31.7. The number of aldehydes is 1. The van der Waals surface area contributed by atoms with Gasteiger partial charge in [0, 0.05) is 12.7 Å². The smallest absolute Gasteiger partial charge is 0.257 e. The number of carbonyl (C=O) groups is 1. The van der Waals surface area contributed by atoms with Crippen molar-refractivity contribution < 1.29 is 14.6 Å². The van der Waals surface area contributed by atoms with Crippen molar-refractivity contribution in [3.05, 3.63) is 74.2 Å². The van der Waals surface area contributed by atoms with Crippen molar-refractivity contribution >= 4 is 17.4 Å². The highest BCUT2D eigenvalue weighted by Gasteiger charge is 2.27. The number of methoxy groups -OCH3 is 1. The summed E-state index contributed by atoms with van der Waals surface area (Å²) in [6, 6.07) is 7.62. The van der Waals surface area contributed by atoms with Crippen molar-refractivity contribution in [2.45, 2.75) is 81.4 Å². The molecular formula is C32H43NO4. The molecule has 1 aromatic heterocycles. The molecule has 37 heavy (non-hydrogen) atoms. The van der Waals surface area contributed by atoms with Crippen LogP contribution in [-0.4, -0.2) is 23.1 Å². The Balaban J connectivity index is 0.000000659. The molecule has 200 valence electrons. The molecule has 3 rings (SSSR count). The van der Waals surface area contributed by atoms with Gasteiger partial charge in [-0.2, -0.15) is 0 Å². The van der Waals surface area contributed by atoms with E-state index in [2.05, 4.69) is 44.8 Å². The molecule has 0 saturated heterocycles. The summed E-state index contributed by atoms with van der Waals surface area (Å²) in [5.41, 5.74) is 8.42. The number of aromatic nitrogens is 1. The van der Waals surface area contributed by atoms with Crippen LogP contribution in [0.1, 0.15) is 82.8 Å². The Hall–Kier alpha value is -3.36. The van der Waals surface area contributed by atoms with Crippen LogP contribution in [0.25, 0.3) is 11.1 Å². The number of benzene rings is 1. The van der Waals surface area contributed by atoms with Crippen molar-refractivity contribution in [3.8, 4) is 17.6 Å². The lowest BCUT2D eigenvalue weighted by Gasteiger charge is -2.14. The van der Waals surface area contributed by atoms with Crippen molar-refractivity contribution in [2.75, 3.05) is 7.11 Å². The minimum Gasteiger partial charge on any atom is -0.508 e. The zero-order valence-corrected chi connectivity index (χ0v) is 24.0. The normalized spacial score (nSPS) is 14.8. The van der Waals surface area contributed by atoms with E-state index in [-0.39, 0.29) is 17.2 Å². The Kier molecular flexibility index (Phi) is 13.4. The molecule has 1 aliphatic rings. The lowest BCUT2D eigenvalue weighted by atomic mass is 9.90. The second-order valence-corrected chi connectivity index (χ2v) is 8.54. The molecule has 0 spiro atoms. The highest BCUT2D eigenvalue weighted by molar-refractivity contribution is 5.91. The molecule has 0 aliphatic carbocycles. The number of fused-ring (bicyclic) bond motifs is 1. The third kappa shape index (κ3) is 7.57. The Bertz CT molecular complexity index is 1250. The van der Waals surface area contributed by atoms with Gasteiger partial charge in [0.05, 0.1) is 24.8 Å². The Morgan fingerprint density at radius 2 is 1.92 bits per heavy atom. The molecule has 0 radical (unpaired) electrons. The number of ether oxygens (including phenoxy) is 1. The lowest BCUT2D eigenvalue weighted by molar-refractivity contribution is -0.109. The molecule has 1 aliphatic heterocycles. The van der Waals surface area contributed by atoms with Crippen LogP contribution in [0.5, 0.6) is 5.75 Å². The molecule has 1 unspecified atom stereocenters. The third-order valence-corrected chi connectivity index (χ3v) is 6.21. The SMILES string of the molecule is C/C=C1\C(=C(\CC)c2cc(O)ccc2C)Cn2c1cc(CC)c(COC)c2=O.CC.CC#CC(C)C=O. The molecule has 1 atom stereocenters. The quantitative estimate of drug-likeness (QED) is 0.349. The van der Waals surface area contributed by atoms with E-state index >= 15 is 0 Å². The van der Waals surface area contributed by atoms with Crippen LogP contribution in [0.15, 0.2) is 40.7 Å². The first-order valence-corrected chi connectivity index (χ1v) is 13.1. The first-order valence-electron chi connectivity index (χ1n) is 13.1. The predicted octanol–water partition coefficient (Wildman–Crippen LogP) is 6.72. The largest absolute Gasteiger partial charge is 0.508 e. The van der Waals surface area contributed by atoms with E-state index in [9.17, 15) is 14.7 Å². The molecule has 2 heterocycles. The Labute approximate surface area is 222 Å². The number of carbonyl (C=O) groups excluding carboxylic acids is 1. The molecule has 0 saturated carbocycles. The highest BCUT2D eigenvalue weighted by Crippen LogP contribution is 2.39. The summed E-state index contributed by atoms with van der Waals surface area (Å²) in [6.45, 7) is 16.6. The van der Waals surface area contributed by atoms with E-state index in [0.717, 1.165) is 58.2 Å². The van der Waals surface area contributed by atoms with Gasteiger partial charge in [-0.15, -0.1) is 5.92 Å². The maximum atomic E-state index is 13.2. The van der Waals surface area contributed by atoms with Crippen LogP contribution in [0.2, 0.25) is 0 Å². The predicted molar refractivity (Wildman–Crippen MR) is 155 cm³/mol. The van der Waals surface area contributed by atoms with Gasteiger partial charge >= 0.3 is 0 Å². The molecule has 5 heteroatoms.